The van der Waals surface area contributed by atoms with Gasteiger partial charge in [0, 0.05) is 22.9 Å². The van der Waals surface area contributed by atoms with E-state index in [1.807, 2.05) is 0 Å². The van der Waals surface area contributed by atoms with Gasteiger partial charge in [0.15, 0.2) is 0 Å². The van der Waals surface area contributed by atoms with Crippen molar-refractivity contribution in [3.63, 3.8) is 0 Å². The smallest absolute Gasteiger partial charge is 0.300 e. The quantitative estimate of drug-likeness (QED) is 0.397. The van der Waals surface area contributed by atoms with Crippen LogP contribution in [0.1, 0.15) is 17.2 Å². The number of methoxy groups -OCH3 is 1. The fourth-order valence-corrected chi connectivity index (χ4v) is 3.60. The first-order valence-corrected chi connectivity index (χ1v) is 9.28. The van der Waals surface area contributed by atoms with Gasteiger partial charge >= 0.3 is 0 Å². The van der Waals surface area contributed by atoms with Gasteiger partial charge in [0.25, 0.3) is 11.7 Å². The molecule has 150 valence electrons. The van der Waals surface area contributed by atoms with Gasteiger partial charge in [-0.2, -0.15) is 0 Å². The molecule has 3 aromatic rings. The molecular formula is C24H18FNO4. The van der Waals surface area contributed by atoms with Crippen molar-refractivity contribution in [2.24, 2.45) is 0 Å². The summed E-state index contributed by atoms with van der Waals surface area (Å²) in [5.74, 6) is -2.20. The third-order valence-corrected chi connectivity index (χ3v) is 5.02. The number of carbonyl (C=O) groups is 2. The summed E-state index contributed by atoms with van der Waals surface area (Å²) in [5, 5.41) is 10.9. The summed E-state index contributed by atoms with van der Waals surface area (Å²) < 4.78 is 20.0. The highest BCUT2D eigenvalue weighted by Gasteiger charge is 2.47. The average molecular weight is 403 g/mol. The zero-order valence-corrected chi connectivity index (χ0v) is 16.1. The van der Waals surface area contributed by atoms with Crippen molar-refractivity contribution in [3.8, 4) is 5.75 Å². The van der Waals surface area contributed by atoms with E-state index in [0.29, 0.717) is 17.0 Å². The second kappa shape index (κ2) is 7.83. The maximum Gasteiger partial charge on any atom is 0.300 e. The third kappa shape index (κ3) is 3.22. The fraction of sp³-hybridized carbons (Fsp3) is 0.0833. The lowest BCUT2D eigenvalue weighted by Gasteiger charge is -2.26. The highest BCUT2D eigenvalue weighted by Crippen LogP contribution is 2.43. The summed E-state index contributed by atoms with van der Waals surface area (Å²) in [6.07, 6.45) is 0. The Balaban J connectivity index is 1.98. The number of hydrogen-bond acceptors (Lipinski definition) is 4. The van der Waals surface area contributed by atoms with Crippen LogP contribution in [0.25, 0.3) is 5.76 Å². The Kier molecular flexibility index (Phi) is 5.06. The van der Waals surface area contributed by atoms with Gasteiger partial charge in [0.05, 0.1) is 18.7 Å². The van der Waals surface area contributed by atoms with Crippen molar-refractivity contribution in [2.45, 2.75) is 6.04 Å². The number of benzene rings is 3. The number of aliphatic hydroxyl groups excluding tert-OH is 1. The lowest BCUT2D eigenvalue weighted by Crippen LogP contribution is -2.29. The fourth-order valence-electron chi connectivity index (χ4n) is 3.60. The van der Waals surface area contributed by atoms with Crippen LogP contribution in [0.4, 0.5) is 10.1 Å². The van der Waals surface area contributed by atoms with Crippen LogP contribution in [0.3, 0.4) is 0 Å². The molecule has 0 radical (unpaired) electrons. The molecule has 1 amide bonds. The molecule has 5 nitrogen and oxygen atoms in total. The van der Waals surface area contributed by atoms with E-state index in [-0.39, 0.29) is 16.9 Å². The maximum absolute atomic E-state index is 14.8. The minimum atomic E-state index is -1.13. The van der Waals surface area contributed by atoms with Gasteiger partial charge < -0.3 is 9.84 Å². The first-order valence-electron chi connectivity index (χ1n) is 9.28. The predicted molar refractivity (Wildman–Crippen MR) is 111 cm³/mol. The Morgan fingerprint density at radius 3 is 2.37 bits per heavy atom. The van der Waals surface area contributed by atoms with Gasteiger partial charge in [-0.05, 0) is 18.2 Å². The zero-order valence-electron chi connectivity index (χ0n) is 16.1. The van der Waals surface area contributed by atoms with Gasteiger partial charge in [0.2, 0.25) is 0 Å². The van der Waals surface area contributed by atoms with Crippen LogP contribution in [-0.2, 0) is 9.59 Å². The minimum absolute atomic E-state index is 0.108. The summed E-state index contributed by atoms with van der Waals surface area (Å²) in [7, 11) is 1.48. The van der Waals surface area contributed by atoms with E-state index in [0.717, 1.165) is 0 Å². The third-order valence-electron chi connectivity index (χ3n) is 5.02. The number of nitrogens with zero attached hydrogens (tertiary/aromatic N) is 1. The van der Waals surface area contributed by atoms with E-state index in [4.69, 9.17) is 4.74 Å². The van der Waals surface area contributed by atoms with Crippen LogP contribution in [0.5, 0.6) is 5.75 Å². The summed E-state index contributed by atoms with van der Waals surface area (Å²) >= 11 is 0. The molecule has 1 saturated heterocycles. The zero-order chi connectivity index (χ0) is 21.3. The lowest BCUT2D eigenvalue weighted by atomic mass is 9.94. The molecule has 3 aromatic carbocycles. The normalized spacial score (nSPS) is 17.9. The monoisotopic (exact) mass is 403 g/mol. The lowest BCUT2D eigenvalue weighted by molar-refractivity contribution is -0.132. The molecule has 30 heavy (non-hydrogen) atoms. The number of aliphatic hydroxyl groups is 1. The second-order valence-electron chi connectivity index (χ2n) is 6.76. The van der Waals surface area contributed by atoms with E-state index < -0.39 is 23.5 Å². The Morgan fingerprint density at radius 2 is 1.67 bits per heavy atom. The van der Waals surface area contributed by atoms with Gasteiger partial charge in [0.1, 0.15) is 17.3 Å². The molecule has 0 spiro atoms. The summed E-state index contributed by atoms with van der Waals surface area (Å²) in [6, 6.07) is 19.7. The van der Waals surface area contributed by atoms with Crippen LogP contribution in [0.2, 0.25) is 0 Å². The van der Waals surface area contributed by atoms with E-state index >= 15 is 0 Å². The highest BCUT2D eigenvalue weighted by atomic mass is 19.1. The SMILES string of the molecule is COc1cccc(N2C(=O)C(=O)/C(=C(\O)c3ccccc3)C2c2ccccc2F)c1. The largest absolute Gasteiger partial charge is 0.507 e. The van der Waals surface area contributed by atoms with Crippen LogP contribution >= 0.6 is 0 Å². The molecular weight excluding hydrogens is 385 g/mol. The molecule has 1 aliphatic heterocycles. The Bertz CT molecular complexity index is 1160. The number of halogens is 1. The minimum Gasteiger partial charge on any atom is -0.507 e. The van der Waals surface area contributed by atoms with E-state index in [1.54, 1.807) is 60.7 Å². The van der Waals surface area contributed by atoms with Crippen LogP contribution in [0, 0.1) is 5.82 Å². The topological polar surface area (TPSA) is 66.8 Å². The van der Waals surface area contributed by atoms with Crippen molar-refractivity contribution in [3.05, 3.63) is 101 Å². The first-order chi connectivity index (χ1) is 14.5. The van der Waals surface area contributed by atoms with Gasteiger partial charge in [-0.3, -0.25) is 14.5 Å². The molecule has 1 fully saturated rings. The summed E-state index contributed by atoms with van der Waals surface area (Å²) in [4.78, 5) is 27.2. The van der Waals surface area contributed by atoms with Gasteiger partial charge in [-0.25, -0.2) is 4.39 Å². The number of ether oxygens (including phenoxy) is 1. The van der Waals surface area contributed by atoms with Crippen molar-refractivity contribution < 1.29 is 23.8 Å². The average Bonchev–Trinajstić information content (AvgIpc) is 3.04. The molecule has 4 rings (SSSR count). The molecule has 0 saturated carbocycles. The van der Waals surface area contributed by atoms with E-state index in [2.05, 4.69) is 0 Å². The van der Waals surface area contributed by atoms with Gasteiger partial charge in [-0.15, -0.1) is 0 Å². The molecule has 6 heteroatoms. The molecule has 0 aliphatic carbocycles. The summed E-state index contributed by atoms with van der Waals surface area (Å²) in [5.41, 5.74) is 0.662. The molecule has 0 bridgehead atoms. The number of ketones is 1. The first kappa shape index (κ1) is 19.4. The number of Topliss-reactive ketones (excluding diaryl/α,β-unsaturated/α-hetero) is 1. The van der Waals surface area contributed by atoms with Crippen molar-refractivity contribution in [1.82, 2.24) is 0 Å². The molecule has 0 aromatic heterocycles. The highest BCUT2D eigenvalue weighted by molar-refractivity contribution is 6.51. The Labute approximate surface area is 172 Å². The van der Waals surface area contributed by atoms with Crippen LogP contribution in [0.15, 0.2) is 84.4 Å². The van der Waals surface area contributed by atoms with Crippen molar-refractivity contribution in [2.75, 3.05) is 12.0 Å². The Hall–Kier alpha value is -3.93. The standard InChI is InChI=1S/C24H18FNO4/c1-30-17-11-7-10-16(14-17)26-21(18-12-5-6-13-19(18)25)20(23(28)24(26)29)22(27)15-8-3-2-4-9-15/h2-14,21,27H,1H3/b22-20-. The molecule has 1 unspecified atom stereocenters. The maximum atomic E-state index is 14.8. The number of hydrogen-bond donors (Lipinski definition) is 1. The van der Waals surface area contributed by atoms with Crippen LogP contribution in [-0.4, -0.2) is 23.9 Å². The number of rotatable bonds is 4. The van der Waals surface area contributed by atoms with Crippen molar-refractivity contribution >= 4 is 23.1 Å². The second-order valence-corrected chi connectivity index (χ2v) is 6.76. The Morgan fingerprint density at radius 1 is 0.967 bits per heavy atom. The van der Waals surface area contributed by atoms with E-state index in [1.165, 1.54) is 30.2 Å². The molecule has 1 atom stereocenters. The summed E-state index contributed by atoms with van der Waals surface area (Å²) in [6.45, 7) is 0. The number of amides is 1. The van der Waals surface area contributed by atoms with E-state index in [9.17, 15) is 19.1 Å². The number of anilines is 1. The van der Waals surface area contributed by atoms with Crippen molar-refractivity contribution in [1.29, 1.82) is 0 Å². The van der Waals surface area contributed by atoms with Crippen LogP contribution < -0.4 is 9.64 Å². The van der Waals surface area contributed by atoms with Gasteiger partial charge in [-0.1, -0.05) is 54.6 Å². The number of carbonyl (C=O) groups excluding carboxylic acids is 2. The molecule has 1 N–H and O–H groups in total. The molecule has 1 aliphatic rings. The molecule has 1 heterocycles. The predicted octanol–water partition coefficient (Wildman–Crippen LogP) is 4.46.